The van der Waals surface area contributed by atoms with Crippen LogP contribution in [0.2, 0.25) is 0 Å². The summed E-state index contributed by atoms with van der Waals surface area (Å²) in [5.41, 5.74) is 1.21. The Kier molecular flexibility index (Phi) is 3.80. The number of aromatic amines is 2. The highest BCUT2D eigenvalue weighted by Crippen LogP contribution is 2.22. The number of aliphatic carboxylic acids is 1. The lowest BCUT2D eigenvalue weighted by Crippen LogP contribution is -2.42. The smallest absolute Gasteiger partial charge is 0.326 e. The molecule has 2 heterocycles. The fraction of sp³-hybridized carbons (Fsp3) is 0.133. The molecule has 2 aromatic heterocycles. The Hall–Kier alpha value is -3.16. The summed E-state index contributed by atoms with van der Waals surface area (Å²) in [6.07, 6.45) is 4.11. The number of nitrogens with one attached hydrogen (secondary N) is 3. The monoisotopic (exact) mass is 316 g/mol. The maximum absolute atomic E-state index is 13.9. The zero-order valence-corrected chi connectivity index (χ0v) is 11.8. The van der Waals surface area contributed by atoms with Crippen LogP contribution in [0, 0.1) is 5.82 Å². The van der Waals surface area contributed by atoms with E-state index in [-0.39, 0.29) is 12.1 Å². The zero-order valence-electron chi connectivity index (χ0n) is 11.8. The third kappa shape index (κ3) is 2.91. The number of fused-ring (bicyclic) bond motifs is 1. The maximum atomic E-state index is 13.9. The van der Waals surface area contributed by atoms with Crippen LogP contribution in [-0.4, -0.2) is 38.0 Å². The number of H-pyrrole nitrogens is 2. The van der Waals surface area contributed by atoms with Crippen LogP contribution in [0.15, 0.2) is 36.9 Å². The van der Waals surface area contributed by atoms with Crippen molar-refractivity contribution in [1.29, 1.82) is 0 Å². The van der Waals surface area contributed by atoms with Gasteiger partial charge in [-0.15, -0.1) is 0 Å². The molecule has 3 aromatic rings. The largest absolute Gasteiger partial charge is 0.480 e. The molecular formula is C15H13FN4O3. The summed E-state index contributed by atoms with van der Waals surface area (Å²) < 4.78 is 13.9. The molecule has 1 amide bonds. The number of imidazole rings is 1. The van der Waals surface area contributed by atoms with Crippen molar-refractivity contribution < 1.29 is 19.1 Å². The van der Waals surface area contributed by atoms with Crippen LogP contribution in [0.25, 0.3) is 10.9 Å². The number of aromatic nitrogens is 3. The fourth-order valence-electron chi connectivity index (χ4n) is 2.40. The summed E-state index contributed by atoms with van der Waals surface area (Å²) >= 11 is 0. The summed E-state index contributed by atoms with van der Waals surface area (Å²) in [5.74, 6) is -2.23. The highest BCUT2D eigenvalue weighted by atomic mass is 19.1. The molecule has 0 saturated heterocycles. The Morgan fingerprint density at radius 3 is 2.87 bits per heavy atom. The molecule has 0 aliphatic rings. The van der Waals surface area contributed by atoms with Crippen molar-refractivity contribution >= 4 is 22.8 Å². The van der Waals surface area contributed by atoms with E-state index in [4.69, 9.17) is 0 Å². The molecule has 3 rings (SSSR count). The highest BCUT2D eigenvalue weighted by molar-refractivity contribution is 5.95. The molecule has 0 spiro atoms. The Morgan fingerprint density at radius 2 is 2.17 bits per heavy atom. The lowest BCUT2D eigenvalue weighted by atomic mass is 10.0. The molecule has 0 fully saturated rings. The van der Waals surface area contributed by atoms with E-state index < -0.39 is 23.7 Å². The second-order valence-corrected chi connectivity index (χ2v) is 5.01. The number of hydrogen-bond donors (Lipinski definition) is 4. The van der Waals surface area contributed by atoms with Crippen molar-refractivity contribution in [3.63, 3.8) is 0 Å². The predicted molar refractivity (Wildman–Crippen MR) is 79.4 cm³/mol. The summed E-state index contributed by atoms with van der Waals surface area (Å²) in [7, 11) is 0. The molecule has 4 N–H and O–H groups in total. The van der Waals surface area contributed by atoms with Gasteiger partial charge in [0.2, 0.25) is 0 Å². The third-order valence-corrected chi connectivity index (χ3v) is 3.51. The van der Waals surface area contributed by atoms with E-state index in [1.165, 1.54) is 18.6 Å². The van der Waals surface area contributed by atoms with Crippen molar-refractivity contribution in [3.05, 3.63) is 54.0 Å². The van der Waals surface area contributed by atoms with Gasteiger partial charge in [-0.2, -0.15) is 0 Å². The molecule has 1 atom stereocenters. The second-order valence-electron chi connectivity index (χ2n) is 5.01. The van der Waals surface area contributed by atoms with Crippen LogP contribution in [-0.2, 0) is 11.2 Å². The maximum Gasteiger partial charge on any atom is 0.326 e. The van der Waals surface area contributed by atoms with Crippen LogP contribution in [0.4, 0.5) is 4.39 Å². The first-order valence-electron chi connectivity index (χ1n) is 6.83. The minimum atomic E-state index is -1.21. The SMILES string of the molecule is O=C(NC(Cc1c[nH]c2cccc(F)c12)C(=O)O)c1cnc[nH]1. The zero-order chi connectivity index (χ0) is 16.4. The number of halogens is 1. The molecule has 1 unspecified atom stereocenters. The van der Waals surface area contributed by atoms with Crippen LogP contribution in [0.3, 0.4) is 0 Å². The van der Waals surface area contributed by atoms with Crippen LogP contribution in [0.1, 0.15) is 16.1 Å². The molecule has 0 radical (unpaired) electrons. The number of benzene rings is 1. The quantitative estimate of drug-likeness (QED) is 0.571. The van der Waals surface area contributed by atoms with E-state index in [2.05, 4.69) is 20.3 Å². The standard InChI is InChI=1S/C15H13FN4O3/c16-9-2-1-3-10-13(9)8(5-18-10)4-11(15(22)23)20-14(21)12-6-17-7-19-12/h1-3,5-7,11,18H,4H2,(H,17,19)(H,20,21)(H,22,23). The van der Waals surface area contributed by atoms with E-state index in [1.807, 2.05) is 0 Å². The highest BCUT2D eigenvalue weighted by Gasteiger charge is 2.23. The van der Waals surface area contributed by atoms with Crippen LogP contribution < -0.4 is 5.32 Å². The van der Waals surface area contributed by atoms with Gasteiger partial charge in [-0.05, 0) is 17.7 Å². The number of nitrogens with zero attached hydrogens (tertiary/aromatic N) is 1. The number of carbonyl (C=O) groups is 2. The molecule has 8 heteroatoms. The summed E-state index contributed by atoms with van der Waals surface area (Å²) in [4.78, 5) is 32.6. The van der Waals surface area contributed by atoms with Crippen molar-refractivity contribution in [2.24, 2.45) is 0 Å². The van der Waals surface area contributed by atoms with Gasteiger partial charge in [0.1, 0.15) is 17.6 Å². The minimum Gasteiger partial charge on any atom is -0.480 e. The van der Waals surface area contributed by atoms with E-state index in [9.17, 15) is 19.1 Å². The molecule has 0 aliphatic carbocycles. The number of amides is 1. The topological polar surface area (TPSA) is 111 Å². The predicted octanol–water partition coefficient (Wildman–Crippen LogP) is 1.46. The van der Waals surface area contributed by atoms with Gasteiger partial charge in [-0.3, -0.25) is 4.79 Å². The van der Waals surface area contributed by atoms with Gasteiger partial charge in [0, 0.05) is 23.5 Å². The van der Waals surface area contributed by atoms with E-state index in [0.717, 1.165) is 0 Å². The number of carbonyl (C=O) groups excluding carboxylic acids is 1. The summed E-state index contributed by atoms with van der Waals surface area (Å²) in [6.45, 7) is 0. The molecule has 0 saturated carbocycles. The average molecular weight is 316 g/mol. The first-order chi connectivity index (χ1) is 11.1. The molecule has 7 nitrogen and oxygen atoms in total. The normalized spacial score (nSPS) is 12.2. The Labute approximate surface area is 129 Å². The summed E-state index contributed by atoms with van der Waals surface area (Å²) in [6, 6.07) is 3.37. The Balaban J connectivity index is 1.84. The van der Waals surface area contributed by atoms with Gasteiger partial charge in [0.15, 0.2) is 0 Å². The van der Waals surface area contributed by atoms with E-state index in [0.29, 0.717) is 16.5 Å². The molecule has 118 valence electrons. The average Bonchev–Trinajstić information content (AvgIpc) is 3.16. The molecule has 0 bridgehead atoms. The number of carboxylic acid groups (broad SMARTS) is 1. The van der Waals surface area contributed by atoms with E-state index in [1.54, 1.807) is 18.3 Å². The van der Waals surface area contributed by atoms with Gasteiger partial charge in [0.05, 0.1) is 12.5 Å². The fourth-order valence-corrected chi connectivity index (χ4v) is 2.40. The van der Waals surface area contributed by atoms with Gasteiger partial charge in [0.25, 0.3) is 5.91 Å². The van der Waals surface area contributed by atoms with Crippen molar-refractivity contribution in [3.8, 4) is 0 Å². The lowest BCUT2D eigenvalue weighted by Gasteiger charge is -2.13. The molecule has 1 aromatic carbocycles. The molecular weight excluding hydrogens is 303 g/mol. The number of carboxylic acids is 1. The first kappa shape index (κ1) is 14.8. The minimum absolute atomic E-state index is 0.0455. The first-order valence-corrected chi connectivity index (χ1v) is 6.83. The van der Waals surface area contributed by atoms with Crippen LogP contribution >= 0.6 is 0 Å². The molecule has 23 heavy (non-hydrogen) atoms. The lowest BCUT2D eigenvalue weighted by molar-refractivity contribution is -0.139. The number of hydrogen-bond acceptors (Lipinski definition) is 3. The Bertz CT molecular complexity index is 857. The van der Waals surface area contributed by atoms with Crippen molar-refractivity contribution in [2.75, 3.05) is 0 Å². The second kappa shape index (κ2) is 5.91. The van der Waals surface area contributed by atoms with E-state index >= 15 is 0 Å². The van der Waals surface area contributed by atoms with Gasteiger partial charge >= 0.3 is 5.97 Å². The van der Waals surface area contributed by atoms with Crippen molar-refractivity contribution in [1.82, 2.24) is 20.3 Å². The molecule has 0 aliphatic heterocycles. The van der Waals surface area contributed by atoms with Gasteiger partial charge in [-0.1, -0.05) is 6.07 Å². The van der Waals surface area contributed by atoms with Crippen LogP contribution in [0.5, 0.6) is 0 Å². The van der Waals surface area contributed by atoms with Gasteiger partial charge < -0.3 is 20.4 Å². The Morgan fingerprint density at radius 1 is 1.35 bits per heavy atom. The summed E-state index contributed by atoms with van der Waals surface area (Å²) in [5, 5.41) is 12.0. The van der Waals surface area contributed by atoms with Gasteiger partial charge in [-0.25, -0.2) is 14.2 Å². The number of rotatable bonds is 5. The van der Waals surface area contributed by atoms with Crippen molar-refractivity contribution in [2.45, 2.75) is 12.5 Å². The third-order valence-electron chi connectivity index (χ3n) is 3.51.